The maximum Gasteiger partial charge on any atom is 0.185 e. The van der Waals surface area contributed by atoms with Gasteiger partial charge in [0, 0.05) is 32.7 Å². The Morgan fingerprint density at radius 1 is 1.23 bits per heavy atom. The largest absolute Gasteiger partial charge is 0.370 e. The Morgan fingerprint density at radius 3 is 2.38 bits per heavy atom. The highest BCUT2D eigenvalue weighted by Gasteiger charge is 2.12. The van der Waals surface area contributed by atoms with Crippen molar-refractivity contribution >= 4 is 5.96 Å². The number of likely N-dealkylation sites (N-methyl/N-ethyl adjacent to an activating group) is 1. The third-order valence-corrected chi connectivity index (χ3v) is 2.31. The number of aliphatic imine (C=N–C) groups is 1. The average Bonchev–Trinajstić information content (AvgIpc) is 2.08. The van der Waals surface area contributed by atoms with E-state index in [0.717, 1.165) is 32.7 Å². The quantitative estimate of drug-likeness (QED) is 0.415. The van der Waals surface area contributed by atoms with Crippen molar-refractivity contribution < 1.29 is 0 Å². The van der Waals surface area contributed by atoms with Crippen LogP contribution in [0.15, 0.2) is 4.99 Å². The van der Waals surface area contributed by atoms with Crippen LogP contribution < -0.4 is 11.5 Å². The number of rotatable bonds is 3. The summed E-state index contributed by atoms with van der Waals surface area (Å²) < 4.78 is 0. The van der Waals surface area contributed by atoms with Gasteiger partial charge in [0.25, 0.3) is 0 Å². The molecule has 1 heterocycles. The van der Waals surface area contributed by atoms with Crippen molar-refractivity contribution in [2.24, 2.45) is 16.5 Å². The van der Waals surface area contributed by atoms with Gasteiger partial charge in [0.2, 0.25) is 0 Å². The summed E-state index contributed by atoms with van der Waals surface area (Å²) in [5, 5.41) is 0. The summed E-state index contributed by atoms with van der Waals surface area (Å²) in [5.74, 6) is 0.189. The predicted octanol–water partition coefficient (Wildman–Crippen LogP) is -1.49. The molecule has 0 aromatic rings. The van der Waals surface area contributed by atoms with Crippen LogP contribution in [-0.2, 0) is 0 Å². The van der Waals surface area contributed by atoms with Crippen LogP contribution in [0.1, 0.15) is 0 Å². The fraction of sp³-hybridized carbons (Fsp3) is 0.875. The summed E-state index contributed by atoms with van der Waals surface area (Å²) in [5.41, 5.74) is 10.5. The minimum atomic E-state index is 0.189. The zero-order valence-corrected chi connectivity index (χ0v) is 8.24. The SMILES string of the molecule is CN1CCN(CCN=C(N)N)CC1. The Bertz CT molecular complexity index is 167. The lowest BCUT2D eigenvalue weighted by Crippen LogP contribution is -2.45. The van der Waals surface area contributed by atoms with Crippen molar-refractivity contribution in [2.75, 3.05) is 46.3 Å². The normalized spacial score (nSPS) is 20.1. The van der Waals surface area contributed by atoms with E-state index in [4.69, 9.17) is 11.5 Å². The number of hydrogen-bond acceptors (Lipinski definition) is 3. The molecular weight excluding hydrogens is 166 g/mol. The molecule has 0 unspecified atom stereocenters. The van der Waals surface area contributed by atoms with E-state index in [9.17, 15) is 0 Å². The molecule has 13 heavy (non-hydrogen) atoms. The molecule has 1 saturated heterocycles. The van der Waals surface area contributed by atoms with Gasteiger partial charge in [-0.15, -0.1) is 0 Å². The zero-order valence-electron chi connectivity index (χ0n) is 8.24. The first-order valence-electron chi connectivity index (χ1n) is 4.65. The van der Waals surface area contributed by atoms with Crippen LogP contribution in [0.5, 0.6) is 0 Å². The molecular formula is C8H19N5. The average molecular weight is 185 g/mol. The Labute approximate surface area is 79.4 Å². The molecule has 0 saturated carbocycles. The van der Waals surface area contributed by atoms with Crippen molar-refractivity contribution in [3.63, 3.8) is 0 Å². The van der Waals surface area contributed by atoms with Gasteiger partial charge in [-0.3, -0.25) is 9.89 Å². The van der Waals surface area contributed by atoms with E-state index in [1.807, 2.05) is 0 Å². The van der Waals surface area contributed by atoms with Gasteiger partial charge in [0.05, 0.1) is 6.54 Å². The van der Waals surface area contributed by atoms with Gasteiger partial charge < -0.3 is 16.4 Å². The third kappa shape index (κ3) is 4.10. The lowest BCUT2D eigenvalue weighted by molar-refractivity contribution is 0.157. The van der Waals surface area contributed by atoms with Crippen LogP contribution in [0.4, 0.5) is 0 Å². The minimum absolute atomic E-state index is 0.189. The molecule has 0 amide bonds. The third-order valence-electron chi connectivity index (χ3n) is 2.31. The number of hydrogen-bond donors (Lipinski definition) is 2. The lowest BCUT2D eigenvalue weighted by atomic mass is 10.3. The number of nitrogens with zero attached hydrogens (tertiary/aromatic N) is 3. The lowest BCUT2D eigenvalue weighted by Gasteiger charge is -2.31. The van der Waals surface area contributed by atoms with Crippen LogP contribution >= 0.6 is 0 Å². The second kappa shape index (κ2) is 5.04. The second-order valence-electron chi connectivity index (χ2n) is 3.45. The molecule has 1 rings (SSSR count). The van der Waals surface area contributed by atoms with Gasteiger partial charge in [-0.25, -0.2) is 0 Å². The van der Waals surface area contributed by atoms with Crippen molar-refractivity contribution in [2.45, 2.75) is 0 Å². The number of guanidine groups is 1. The van der Waals surface area contributed by atoms with Gasteiger partial charge >= 0.3 is 0 Å². The standard InChI is InChI=1S/C8H19N5/c1-12-4-6-13(7-5-12)3-2-11-8(9)10/h2-7H2,1H3,(H4,9,10,11). The van der Waals surface area contributed by atoms with Crippen molar-refractivity contribution in [1.82, 2.24) is 9.80 Å². The van der Waals surface area contributed by atoms with Gasteiger partial charge in [0.15, 0.2) is 5.96 Å². The van der Waals surface area contributed by atoms with E-state index < -0.39 is 0 Å². The fourth-order valence-corrected chi connectivity index (χ4v) is 1.39. The molecule has 0 aliphatic carbocycles. The summed E-state index contributed by atoms with van der Waals surface area (Å²) in [6.45, 7) is 6.20. The predicted molar refractivity (Wildman–Crippen MR) is 54.6 cm³/mol. The van der Waals surface area contributed by atoms with Crippen LogP contribution in [0.3, 0.4) is 0 Å². The van der Waals surface area contributed by atoms with Gasteiger partial charge in [-0.05, 0) is 7.05 Å². The van der Waals surface area contributed by atoms with Crippen LogP contribution in [0.25, 0.3) is 0 Å². The highest BCUT2D eigenvalue weighted by atomic mass is 15.2. The van der Waals surface area contributed by atoms with E-state index in [2.05, 4.69) is 21.8 Å². The molecule has 76 valence electrons. The summed E-state index contributed by atoms with van der Waals surface area (Å²) in [6.07, 6.45) is 0. The van der Waals surface area contributed by atoms with E-state index in [1.165, 1.54) is 0 Å². The summed E-state index contributed by atoms with van der Waals surface area (Å²) >= 11 is 0. The van der Waals surface area contributed by atoms with E-state index in [0.29, 0.717) is 6.54 Å². The topological polar surface area (TPSA) is 70.9 Å². The summed E-state index contributed by atoms with van der Waals surface area (Å²) in [6, 6.07) is 0. The number of piperazine rings is 1. The molecule has 5 nitrogen and oxygen atoms in total. The van der Waals surface area contributed by atoms with Gasteiger partial charge in [0.1, 0.15) is 0 Å². The highest BCUT2D eigenvalue weighted by molar-refractivity contribution is 5.75. The molecule has 0 aromatic heterocycles. The Balaban J connectivity index is 2.12. The maximum atomic E-state index is 5.23. The first-order valence-corrected chi connectivity index (χ1v) is 4.65. The van der Waals surface area contributed by atoms with Crippen LogP contribution in [-0.4, -0.2) is 62.1 Å². The number of nitrogens with two attached hydrogens (primary N) is 2. The van der Waals surface area contributed by atoms with Crippen molar-refractivity contribution in [1.29, 1.82) is 0 Å². The van der Waals surface area contributed by atoms with E-state index in [1.54, 1.807) is 0 Å². The second-order valence-corrected chi connectivity index (χ2v) is 3.45. The molecule has 0 aromatic carbocycles. The first-order chi connectivity index (χ1) is 6.18. The molecule has 1 fully saturated rings. The molecule has 0 radical (unpaired) electrons. The van der Waals surface area contributed by atoms with Crippen molar-refractivity contribution in [3.05, 3.63) is 0 Å². The van der Waals surface area contributed by atoms with Crippen LogP contribution in [0.2, 0.25) is 0 Å². The first kappa shape index (κ1) is 10.3. The zero-order chi connectivity index (χ0) is 9.68. The smallest absolute Gasteiger partial charge is 0.185 e. The molecule has 0 spiro atoms. The summed E-state index contributed by atoms with van der Waals surface area (Å²) in [7, 11) is 2.15. The van der Waals surface area contributed by atoms with Gasteiger partial charge in [-0.1, -0.05) is 0 Å². The highest BCUT2D eigenvalue weighted by Crippen LogP contribution is 1.97. The molecule has 5 heteroatoms. The Kier molecular flexibility index (Phi) is 3.98. The van der Waals surface area contributed by atoms with Crippen LogP contribution in [0, 0.1) is 0 Å². The Morgan fingerprint density at radius 2 is 1.85 bits per heavy atom. The van der Waals surface area contributed by atoms with Crippen molar-refractivity contribution in [3.8, 4) is 0 Å². The monoisotopic (exact) mass is 185 g/mol. The minimum Gasteiger partial charge on any atom is -0.370 e. The molecule has 1 aliphatic heterocycles. The molecule has 0 atom stereocenters. The molecule has 1 aliphatic rings. The van der Waals surface area contributed by atoms with Gasteiger partial charge in [-0.2, -0.15) is 0 Å². The Hall–Kier alpha value is -0.810. The maximum absolute atomic E-state index is 5.23. The fourth-order valence-electron chi connectivity index (χ4n) is 1.39. The van der Waals surface area contributed by atoms with E-state index in [-0.39, 0.29) is 5.96 Å². The molecule has 4 N–H and O–H groups in total. The molecule has 0 bridgehead atoms. The van der Waals surface area contributed by atoms with E-state index >= 15 is 0 Å². The summed E-state index contributed by atoms with van der Waals surface area (Å²) in [4.78, 5) is 8.67.